The Balaban J connectivity index is 1.83. The molecule has 0 spiro atoms. The van der Waals surface area contributed by atoms with E-state index in [0.29, 0.717) is 0 Å². The van der Waals surface area contributed by atoms with Crippen LogP contribution in [0.3, 0.4) is 0 Å². The summed E-state index contributed by atoms with van der Waals surface area (Å²) in [4.78, 5) is 9.52. The molecule has 0 N–H and O–H groups in total. The first-order valence-corrected chi connectivity index (χ1v) is 10.4. The molecular weight excluding hydrogens is 368 g/mol. The van der Waals surface area contributed by atoms with Crippen LogP contribution >= 0.6 is 0 Å². The lowest BCUT2D eigenvalue weighted by molar-refractivity contribution is -0.662. The third-order valence-electron chi connectivity index (χ3n) is 6.40. The first kappa shape index (κ1) is 17.3. The molecule has 146 valence electrons. The molecule has 2 aromatic heterocycles. The normalized spacial score (nSPS) is 12.5. The van der Waals surface area contributed by atoms with E-state index >= 15 is 0 Å². The standard InChI is InChI=1S/C26H23N4/c1-15-9-10-20-22(11-15)27-14-29(4)25(20)24-17(3)18-7-5-6-8-19(18)21-12-23-28-16(2)13-30(23)26(21)24/h5-11,13-14H,12H2,1-4H3/q+1. The Morgan fingerprint density at radius 2 is 1.77 bits per heavy atom. The minimum Gasteiger partial charge on any atom is -0.302 e. The van der Waals surface area contributed by atoms with Crippen LogP contribution in [0.25, 0.3) is 38.6 Å². The zero-order valence-electron chi connectivity index (χ0n) is 17.7. The Kier molecular flexibility index (Phi) is 3.46. The van der Waals surface area contributed by atoms with E-state index in [0.717, 1.165) is 23.5 Å². The van der Waals surface area contributed by atoms with Crippen molar-refractivity contribution < 1.29 is 4.57 Å². The van der Waals surface area contributed by atoms with Crippen molar-refractivity contribution in [3.63, 3.8) is 0 Å². The van der Waals surface area contributed by atoms with Crippen LogP contribution in [-0.2, 0) is 13.5 Å². The van der Waals surface area contributed by atoms with Crippen LogP contribution in [0.1, 0.15) is 28.2 Å². The van der Waals surface area contributed by atoms with Crippen molar-refractivity contribution in [2.24, 2.45) is 7.05 Å². The summed E-state index contributed by atoms with van der Waals surface area (Å²) in [6.45, 7) is 6.44. The molecule has 1 aliphatic rings. The number of hydrogen-bond acceptors (Lipinski definition) is 2. The Bertz CT molecular complexity index is 1510. The molecule has 30 heavy (non-hydrogen) atoms. The van der Waals surface area contributed by atoms with E-state index in [1.807, 2.05) is 6.33 Å². The third-order valence-corrected chi connectivity index (χ3v) is 6.40. The molecule has 4 nitrogen and oxygen atoms in total. The van der Waals surface area contributed by atoms with Gasteiger partial charge >= 0.3 is 0 Å². The molecular formula is C26H23N4+. The van der Waals surface area contributed by atoms with Crippen molar-refractivity contribution in [2.75, 3.05) is 0 Å². The Labute approximate surface area is 175 Å². The monoisotopic (exact) mass is 391 g/mol. The van der Waals surface area contributed by atoms with Gasteiger partial charge in [0.25, 0.3) is 6.33 Å². The van der Waals surface area contributed by atoms with Gasteiger partial charge in [0.15, 0.2) is 5.52 Å². The van der Waals surface area contributed by atoms with E-state index in [4.69, 9.17) is 9.97 Å². The minimum atomic E-state index is 0.864. The van der Waals surface area contributed by atoms with E-state index in [1.165, 1.54) is 49.8 Å². The van der Waals surface area contributed by atoms with Crippen LogP contribution in [-0.4, -0.2) is 14.5 Å². The first-order chi connectivity index (χ1) is 14.5. The van der Waals surface area contributed by atoms with Gasteiger partial charge in [-0.15, -0.1) is 0 Å². The fourth-order valence-electron chi connectivity index (χ4n) is 5.08. The molecule has 0 bridgehead atoms. The summed E-state index contributed by atoms with van der Waals surface area (Å²) in [5.74, 6) is 1.12. The molecule has 0 atom stereocenters. The van der Waals surface area contributed by atoms with Gasteiger partial charge in [-0.1, -0.05) is 30.3 Å². The zero-order chi connectivity index (χ0) is 20.6. The number of aromatic nitrogens is 4. The molecule has 0 aliphatic carbocycles. The molecule has 0 fully saturated rings. The number of aryl methyl sites for hydroxylation is 4. The average molecular weight is 391 g/mol. The molecule has 3 aromatic carbocycles. The first-order valence-electron chi connectivity index (χ1n) is 10.4. The highest BCUT2D eigenvalue weighted by Gasteiger charge is 2.30. The summed E-state index contributed by atoms with van der Waals surface area (Å²) in [7, 11) is 2.09. The third kappa shape index (κ3) is 2.25. The topological polar surface area (TPSA) is 34.6 Å². The highest BCUT2D eigenvalue weighted by molar-refractivity contribution is 6.03. The molecule has 1 aliphatic heterocycles. The molecule has 0 radical (unpaired) electrons. The molecule has 4 heteroatoms. The molecule has 0 saturated carbocycles. The van der Waals surface area contributed by atoms with Crippen molar-refractivity contribution in [3.8, 4) is 16.9 Å². The average Bonchev–Trinajstić information content (AvgIpc) is 3.26. The number of rotatable bonds is 1. The van der Waals surface area contributed by atoms with Crippen molar-refractivity contribution in [1.82, 2.24) is 14.5 Å². The zero-order valence-corrected chi connectivity index (χ0v) is 17.7. The SMILES string of the molecule is Cc1ccc2c(-c3c4c(c5ccccc5c3C)Cc3nc(C)cn3-4)[n+](C)cnc2c1. The lowest BCUT2D eigenvalue weighted by Crippen LogP contribution is -2.32. The van der Waals surface area contributed by atoms with Gasteiger partial charge in [0.05, 0.1) is 29.4 Å². The van der Waals surface area contributed by atoms with Crippen LogP contribution < -0.4 is 4.57 Å². The number of imidazole rings is 1. The second-order valence-corrected chi connectivity index (χ2v) is 8.44. The lowest BCUT2D eigenvalue weighted by Gasteiger charge is -2.18. The second-order valence-electron chi connectivity index (χ2n) is 8.44. The second kappa shape index (κ2) is 5.99. The van der Waals surface area contributed by atoms with Gasteiger partial charge in [0.1, 0.15) is 11.5 Å². The molecule has 5 aromatic rings. The molecule has 0 amide bonds. The van der Waals surface area contributed by atoms with E-state index in [1.54, 1.807) is 0 Å². The van der Waals surface area contributed by atoms with E-state index in [2.05, 4.69) is 85.6 Å². The number of benzene rings is 3. The maximum Gasteiger partial charge on any atom is 0.287 e. The summed E-state index contributed by atoms with van der Waals surface area (Å²) in [6, 6.07) is 15.3. The summed E-state index contributed by atoms with van der Waals surface area (Å²) in [5, 5.41) is 3.82. The fraction of sp³-hybridized carbons (Fsp3) is 0.192. The largest absolute Gasteiger partial charge is 0.302 e. The maximum absolute atomic E-state index is 4.82. The molecule has 6 rings (SSSR count). The Morgan fingerprint density at radius 3 is 2.60 bits per heavy atom. The quantitative estimate of drug-likeness (QED) is 0.374. The lowest BCUT2D eigenvalue weighted by atomic mass is 9.90. The van der Waals surface area contributed by atoms with Crippen molar-refractivity contribution in [2.45, 2.75) is 27.2 Å². The molecule has 0 saturated heterocycles. The van der Waals surface area contributed by atoms with Crippen LogP contribution in [0.5, 0.6) is 0 Å². The van der Waals surface area contributed by atoms with E-state index in [9.17, 15) is 0 Å². The molecule has 0 unspecified atom stereocenters. The fourth-order valence-corrected chi connectivity index (χ4v) is 5.08. The Morgan fingerprint density at radius 1 is 0.967 bits per heavy atom. The van der Waals surface area contributed by atoms with Gasteiger partial charge in [0.2, 0.25) is 0 Å². The van der Waals surface area contributed by atoms with Crippen molar-refractivity contribution >= 4 is 21.7 Å². The smallest absolute Gasteiger partial charge is 0.287 e. The van der Waals surface area contributed by atoms with Crippen LogP contribution in [0.2, 0.25) is 0 Å². The van der Waals surface area contributed by atoms with Gasteiger partial charge < -0.3 is 4.57 Å². The summed E-state index contributed by atoms with van der Waals surface area (Å²) in [6.07, 6.45) is 4.97. The predicted octanol–water partition coefficient (Wildman–Crippen LogP) is 4.89. The summed E-state index contributed by atoms with van der Waals surface area (Å²) >= 11 is 0. The van der Waals surface area contributed by atoms with Crippen molar-refractivity contribution in [3.05, 3.63) is 83.2 Å². The van der Waals surface area contributed by atoms with Crippen molar-refractivity contribution in [1.29, 1.82) is 0 Å². The van der Waals surface area contributed by atoms with Crippen LogP contribution in [0.15, 0.2) is 55.0 Å². The van der Waals surface area contributed by atoms with Gasteiger partial charge in [-0.05, 0) is 65.4 Å². The Hall–Kier alpha value is -3.53. The minimum absolute atomic E-state index is 0.864. The van der Waals surface area contributed by atoms with E-state index in [-0.39, 0.29) is 0 Å². The van der Waals surface area contributed by atoms with E-state index < -0.39 is 0 Å². The van der Waals surface area contributed by atoms with Gasteiger partial charge in [-0.25, -0.2) is 9.55 Å². The predicted molar refractivity (Wildman–Crippen MR) is 120 cm³/mol. The summed E-state index contributed by atoms with van der Waals surface area (Å²) in [5.41, 5.74) is 9.74. The van der Waals surface area contributed by atoms with Crippen LogP contribution in [0, 0.1) is 20.8 Å². The number of hydrogen-bond donors (Lipinski definition) is 0. The summed E-state index contributed by atoms with van der Waals surface area (Å²) < 4.78 is 4.47. The highest BCUT2D eigenvalue weighted by atomic mass is 15.1. The maximum atomic E-state index is 4.82. The van der Waals surface area contributed by atoms with Crippen LogP contribution in [0.4, 0.5) is 0 Å². The number of nitrogens with zero attached hydrogens (tertiary/aromatic N) is 4. The molecule has 3 heterocycles. The van der Waals surface area contributed by atoms with Gasteiger partial charge in [-0.2, -0.15) is 0 Å². The highest BCUT2D eigenvalue weighted by Crippen LogP contribution is 2.44. The van der Waals surface area contributed by atoms with Gasteiger partial charge in [-0.3, -0.25) is 0 Å². The number of fused-ring (bicyclic) bond motifs is 6. The van der Waals surface area contributed by atoms with Gasteiger partial charge in [0, 0.05) is 12.6 Å².